The third-order valence-corrected chi connectivity index (χ3v) is 4.74. The van der Waals surface area contributed by atoms with Gasteiger partial charge in [0.15, 0.2) is 0 Å². The average Bonchev–Trinajstić information content (AvgIpc) is 3.03. The van der Waals surface area contributed by atoms with E-state index in [2.05, 4.69) is 22.7 Å². The Morgan fingerprint density at radius 2 is 1.96 bits per heavy atom. The van der Waals surface area contributed by atoms with Crippen molar-refractivity contribution in [2.24, 2.45) is 5.92 Å². The highest BCUT2D eigenvalue weighted by Gasteiger charge is 2.23. The van der Waals surface area contributed by atoms with Gasteiger partial charge in [-0.15, -0.1) is 0 Å². The van der Waals surface area contributed by atoms with Crippen molar-refractivity contribution >= 4 is 5.91 Å². The Morgan fingerprint density at radius 1 is 1.22 bits per heavy atom. The fraction of sp³-hybridized carbons (Fsp3) is 0.474. The molecule has 1 saturated heterocycles. The van der Waals surface area contributed by atoms with Crippen LogP contribution in [0, 0.1) is 5.92 Å². The lowest BCUT2D eigenvalue weighted by atomic mass is 9.96. The molecule has 3 rings (SSSR count). The number of aromatic nitrogens is 2. The van der Waals surface area contributed by atoms with E-state index in [4.69, 9.17) is 0 Å². The SMILES string of the molecule is CCc1nccn1CC1CCN(C(=O)Cc2ccccc2)CC1. The van der Waals surface area contributed by atoms with Crippen LogP contribution in [0.15, 0.2) is 42.7 Å². The lowest BCUT2D eigenvalue weighted by Crippen LogP contribution is -2.40. The number of aryl methyl sites for hydroxylation is 1. The second kappa shape index (κ2) is 7.44. The zero-order valence-corrected chi connectivity index (χ0v) is 13.8. The lowest BCUT2D eigenvalue weighted by Gasteiger charge is -2.32. The molecule has 1 amide bonds. The zero-order chi connectivity index (χ0) is 16.1. The molecule has 0 spiro atoms. The Bertz CT molecular complexity index is 627. The molecule has 2 aromatic rings. The molecule has 4 nitrogen and oxygen atoms in total. The number of hydrogen-bond donors (Lipinski definition) is 0. The Balaban J connectivity index is 1.49. The number of carbonyl (C=O) groups is 1. The first-order valence-corrected chi connectivity index (χ1v) is 8.58. The van der Waals surface area contributed by atoms with Gasteiger partial charge >= 0.3 is 0 Å². The maximum absolute atomic E-state index is 12.4. The Labute approximate surface area is 138 Å². The molecule has 0 unspecified atom stereocenters. The van der Waals surface area contributed by atoms with E-state index in [0.717, 1.165) is 50.3 Å². The molecule has 4 heteroatoms. The maximum Gasteiger partial charge on any atom is 0.226 e. The smallest absolute Gasteiger partial charge is 0.226 e. The number of likely N-dealkylation sites (tertiary alicyclic amines) is 1. The van der Waals surface area contributed by atoms with Crippen LogP contribution >= 0.6 is 0 Å². The molecule has 0 bridgehead atoms. The van der Waals surface area contributed by atoms with Gasteiger partial charge in [-0.25, -0.2) is 4.98 Å². The number of carbonyl (C=O) groups excluding carboxylic acids is 1. The van der Waals surface area contributed by atoms with Crippen molar-refractivity contribution in [1.29, 1.82) is 0 Å². The molecule has 0 atom stereocenters. The predicted molar refractivity (Wildman–Crippen MR) is 91.1 cm³/mol. The van der Waals surface area contributed by atoms with Crippen molar-refractivity contribution in [3.8, 4) is 0 Å². The van der Waals surface area contributed by atoms with Gasteiger partial charge in [0.25, 0.3) is 0 Å². The highest BCUT2D eigenvalue weighted by molar-refractivity contribution is 5.78. The van der Waals surface area contributed by atoms with Gasteiger partial charge in [-0.2, -0.15) is 0 Å². The van der Waals surface area contributed by atoms with Gasteiger partial charge in [0.1, 0.15) is 5.82 Å². The minimum Gasteiger partial charge on any atom is -0.342 e. The van der Waals surface area contributed by atoms with Crippen molar-refractivity contribution in [3.63, 3.8) is 0 Å². The Morgan fingerprint density at radius 3 is 2.65 bits per heavy atom. The van der Waals surface area contributed by atoms with Gasteiger partial charge < -0.3 is 9.47 Å². The number of nitrogens with zero attached hydrogens (tertiary/aromatic N) is 3. The molecule has 0 radical (unpaired) electrons. The molecule has 0 aliphatic carbocycles. The minimum absolute atomic E-state index is 0.256. The van der Waals surface area contributed by atoms with E-state index in [1.54, 1.807) is 0 Å². The summed E-state index contributed by atoms with van der Waals surface area (Å²) in [5.41, 5.74) is 1.10. The molecule has 1 aliphatic rings. The molecular formula is C19H25N3O. The number of hydrogen-bond acceptors (Lipinski definition) is 2. The molecule has 1 aromatic heterocycles. The second-order valence-electron chi connectivity index (χ2n) is 6.34. The minimum atomic E-state index is 0.256. The van der Waals surface area contributed by atoms with E-state index in [-0.39, 0.29) is 5.91 Å². The number of amides is 1. The molecule has 23 heavy (non-hydrogen) atoms. The Hall–Kier alpha value is -2.10. The quantitative estimate of drug-likeness (QED) is 0.851. The number of benzene rings is 1. The number of imidazole rings is 1. The van der Waals surface area contributed by atoms with Gasteiger partial charge in [-0.05, 0) is 24.3 Å². The van der Waals surface area contributed by atoms with Crippen molar-refractivity contribution in [1.82, 2.24) is 14.5 Å². The lowest BCUT2D eigenvalue weighted by molar-refractivity contribution is -0.131. The summed E-state index contributed by atoms with van der Waals surface area (Å²) in [7, 11) is 0. The first kappa shape index (κ1) is 15.8. The van der Waals surface area contributed by atoms with Gasteiger partial charge in [-0.3, -0.25) is 4.79 Å². The van der Waals surface area contributed by atoms with E-state index >= 15 is 0 Å². The highest BCUT2D eigenvalue weighted by Crippen LogP contribution is 2.20. The van der Waals surface area contributed by atoms with Crippen molar-refractivity contribution in [3.05, 3.63) is 54.1 Å². The third-order valence-electron chi connectivity index (χ3n) is 4.74. The van der Waals surface area contributed by atoms with Crippen LogP contribution in [-0.2, 0) is 24.2 Å². The predicted octanol–water partition coefficient (Wildman–Crippen LogP) is 2.93. The zero-order valence-electron chi connectivity index (χ0n) is 13.8. The summed E-state index contributed by atoms with van der Waals surface area (Å²) in [4.78, 5) is 18.8. The summed E-state index contributed by atoms with van der Waals surface area (Å²) < 4.78 is 2.27. The van der Waals surface area contributed by atoms with Crippen molar-refractivity contribution < 1.29 is 4.79 Å². The van der Waals surface area contributed by atoms with Crippen molar-refractivity contribution in [2.75, 3.05) is 13.1 Å². The first-order valence-electron chi connectivity index (χ1n) is 8.58. The summed E-state index contributed by atoms with van der Waals surface area (Å²) in [6, 6.07) is 10.0. The van der Waals surface area contributed by atoms with Crippen LogP contribution in [0.4, 0.5) is 0 Å². The highest BCUT2D eigenvalue weighted by atomic mass is 16.2. The van der Waals surface area contributed by atoms with E-state index in [9.17, 15) is 4.79 Å². The molecule has 0 saturated carbocycles. The van der Waals surface area contributed by atoms with Crippen LogP contribution in [0.3, 0.4) is 0 Å². The van der Waals surface area contributed by atoms with Crippen LogP contribution in [0.2, 0.25) is 0 Å². The largest absolute Gasteiger partial charge is 0.342 e. The topological polar surface area (TPSA) is 38.1 Å². The van der Waals surface area contributed by atoms with E-state index in [1.165, 1.54) is 0 Å². The fourth-order valence-electron chi connectivity index (χ4n) is 3.35. The van der Waals surface area contributed by atoms with Gasteiger partial charge in [-0.1, -0.05) is 37.3 Å². The number of rotatable bonds is 5. The van der Waals surface area contributed by atoms with Gasteiger partial charge in [0.05, 0.1) is 6.42 Å². The molecule has 1 aliphatic heterocycles. The standard InChI is InChI=1S/C19H25N3O/c1-2-18-20-10-13-22(18)15-17-8-11-21(12-9-17)19(23)14-16-6-4-3-5-7-16/h3-7,10,13,17H,2,8-9,11-12,14-15H2,1H3. The molecule has 1 aromatic carbocycles. The van der Waals surface area contributed by atoms with Crippen LogP contribution in [0.1, 0.15) is 31.2 Å². The first-order chi connectivity index (χ1) is 11.3. The van der Waals surface area contributed by atoms with Crippen molar-refractivity contribution in [2.45, 2.75) is 39.2 Å². The maximum atomic E-state index is 12.4. The third kappa shape index (κ3) is 4.01. The van der Waals surface area contributed by atoms with E-state index in [0.29, 0.717) is 12.3 Å². The Kier molecular flexibility index (Phi) is 5.11. The molecule has 0 N–H and O–H groups in total. The summed E-state index contributed by atoms with van der Waals surface area (Å²) in [6.07, 6.45) is 7.63. The van der Waals surface area contributed by atoms with Crippen LogP contribution in [0.5, 0.6) is 0 Å². The summed E-state index contributed by atoms with van der Waals surface area (Å²) in [5.74, 6) is 2.06. The number of piperidine rings is 1. The fourth-order valence-corrected chi connectivity index (χ4v) is 3.35. The normalized spacial score (nSPS) is 15.8. The van der Waals surface area contributed by atoms with Gasteiger partial charge in [0.2, 0.25) is 5.91 Å². The second-order valence-corrected chi connectivity index (χ2v) is 6.34. The van der Waals surface area contributed by atoms with Crippen LogP contribution < -0.4 is 0 Å². The van der Waals surface area contributed by atoms with Crippen LogP contribution in [0.25, 0.3) is 0 Å². The summed E-state index contributed by atoms with van der Waals surface area (Å²) in [6.45, 7) is 4.94. The molecule has 122 valence electrons. The van der Waals surface area contributed by atoms with E-state index in [1.807, 2.05) is 41.4 Å². The average molecular weight is 311 g/mol. The van der Waals surface area contributed by atoms with E-state index < -0.39 is 0 Å². The summed E-state index contributed by atoms with van der Waals surface area (Å²) >= 11 is 0. The molecular weight excluding hydrogens is 286 g/mol. The van der Waals surface area contributed by atoms with Gasteiger partial charge in [0, 0.05) is 38.4 Å². The monoisotopic (exact) mass is 311 g/mol. The van der Waals surface area contributed by atoms with Crippen LogP contribution in [-0.4, -0.2) is 33.4 Å². The molecule has 1 fully saturated rings. The summed E-state index contributed by atoms with van der Waals surface area (Å²) in [5, 5.41) is 0. The molecule has 2 heterocycles.